The van der Waals surface area contributed by atoms with Crippen LogP contribution < -0.4 is 0 Å². The standard InChI is InChI=1S/C21H26N4O3S2/c1-4-24-17-9-6-5-8-16(17)22-19(24)14-23(3)21(26)18-10-7-13-25(18)30(27,28)20-12-11-15(2)29-20/h5-6,8-9,11-12,18H,4,7,10,13-14H2,1-3H3. The number of amides is 1. The lowest BCUT2D eigenvalue weighted by Crippen LogP contribution is -2.46. The first kappa shape index (κ1) is 21.0. The van der Waals surface area contributed by atoms with Crippen molar-refractivity contribution in [2.24, 2.45) is 0 Å². The maximum Gasteiger partial charge on any atom is 0.253 e. The number of aryl methyl sites for hydroxylation is 2. The van der Waals surface area contributed by atoms with Gasteiger partial charge in [0.1, 0.15) is 16.1 Å². The number of aromatic nitrogens is 2. The van der Waals surface area contributed by atoms with Crippen molar-refractivity contribution in [3.8, 4) is 0 Å². The summed E-state index contributed by atoms with van der Waals surface area (Å²) in [5.74, 6) is 0.620. The summed E-state index contributed by atoms with van der Waals surface area (Å²) in [6, 6.07) is 10.7. The van der Waals surface area contributed by atoms with Gasteiger partial charge in [0.25, 0.3) is 10.0 Å². The van der Waals surface area contributed by atoms with Gasteiger partial charge in [-0.05, 0) is 51.0 Å². The van der Waals surface area contributed by atoms with Crippen LogP contribution in [-0.4, -0.2) is 52.7 Å². The van der Waals surface area contributed by atoms with Crippen molar-refractivity contribution < 1.29 is 13.2 Å². The zero-order valence-corrected chi connectivity index (χ0v) is 19.0. The SMILES string of the molecule is CCn1c(CN(C)C(=O)C2CCCN2S(=O)(=O)c2ccc(C)s2)nc2ccccc21. The number of benzene rings is 1. The van der Waals surface area contributed by atoms with Crippen molar-refractivity contribution in [2.45, 2.75) is 50.0 Å². The zero-order chi connectivity index (χ0) is 21.5. The molecule has 1 atom stereocenters. The lowest BCUT2D eigenvalue weighted by Gasteiger charge is -2.27. The fourth-order valence-corrected chi connectivity index (χ4v) is 7.15. The van der Waals surface area contributed by atoms with E-state index in [0.29, 0.717) is 30.1 Å². The third-order valence-corrected chi connectivity index (χ3v) is 8.95. The van der Waals surface area contributed by atoms with Crippen molar-refractivity contribution in [1.29, 1.82) is 0 Å². The van der Waals surface area contributed by atoms with Crippen molar-refractivity contribution in [1.82, 2.24) is 18.8 Å². The predicted molar refractivity (Wildman–Crippen MR) is 118 cm³/mol. The van der Waals surface area contributed by atoms with E-state index in [9.17, 15) is 13.2 Å². The predicted octanol–water partition coefficient (Wildman–Crippen LogP) is 3.24. The summed E-state index contributed by atoms with van der Waals surface area (Å²) >= 11 is 1.25. The number of rotatable bonds is 6. The van der Waals surface area contributed by atoms with Gasteiger partial charge in [0, 0.05) is 25.0 Å². The molecule has 4 rings (SSSR count). The van der Waals surface area contributed by atoms with Crippen molar-refractivity contribution in [3.05, 3.63) is 47.1 Å². The van der Waals surface area contributed by atoms with E-state index in [1.165, 1.54) is 15.6 Å². The first-order valence-corrected chi connectivity index (χ1v) is 12.4. The number of thiophene rings is 1. The molecule has 1 aliphatic rings. The van der Waals surface area contributed by atoms with Crippen LogP contribution in [0.25, 0.3) is 11.0 Å². The molecule has 7 nitrogen and oxygen atoms in total. The maximum absolute atomic E-state index is 13.2. The average Bonchev–Trinajstić information content (AvgIpc) is 3.45. The Bertz CT molecular complexity index is 1180. The van der Waals surface area contributed by atoms with E-state index in [0.717, 1.165) is 28.3 Å². The number of para-hydroxylation sites is 2. The molecule has 0 N–H and O–H groups in total. The Morgan fingerprint density at radius 2 is 2.03 bits per heavy atom. The van der Waals surface area contributed by atoms with Crippen LogP contribution in [0.5, 0.6) is 0 Å². The molecule has 0 spiro atoms. The third kappa shape index (κ3) is 3.66. The number of fused-ring (bicyclic) bond motifs is 1. The normalized spacial score (nSPS) is 17.6. The Morgan fingerprint density at radius 3 is 2.73 bits per heavy atom. The summed E-state index contributed by atoms with van der Waals surface area (Å²) in [5.41, 5.74) is 1.93. The highest BCUT2D eigenvalue weighted by Crippen LogP contribution is 2.31. The number of sulfonamides is 1. The molecule has 1 amide bonds. The molecule has 1 fully saturated rings. The first-order valence-electron chi connectivity index (χ1n) is 10.1. The minimum atomic E-state index is -3.67. The van der Waals surface area contributed by atoms with Crippen molar-refractivity contribution in [3.63, 3.8) is 0 Å². The zero-order valence-electron chi connectivity index (χ0n) is 17.4. The molecular weight excluding hydrogens is 420 g/mol. The van der Waals surface area contributed by atoms with Crippen LogP contribution >= 0.6 is 11.3 Å². The molecule has 1 aromatic carbocycles. The van der Waals surface area contributed by atoms with Gasteiger partial charge in [0.15, 0.2) is 0 Å². The number of carbonyl (C=O) groups excluding carboxylic acids is 1. The Hall–Kier alpha value is -2.23. The number of nitrogens with zero attached hydrogens (tertiary/aromatic N) is 4. The Labute approximate surface area is 181 Å². The largest absolute Gasteiger partial charge is 0.337 e. The highest BCUT2D eigenvalue weighted by Gasteiger charge is 2.41. The van der Waals surface area contributed by atoms with Crippen LogP contribution in [0.3, 0.4) is 0 Å². The number of carbonyl (C=O) groups is 1. The van der Waals surface area contributed by atoms with E-state index < -0.39 is 16.1 Å². The molecule has 0 radical (unpaired) electrons. The summed E-state index contributed by atoms with van der Waals surface area (Å²) in [6.07, 6.45) is 1.22. The number of hydrogen-bond acceptors (Lipinski definition) is 5. The highest BCUT2D eigenvalue weighted by atomic mass is 32.2. The van der Waals surface area contributed by atoms with Gasteiger partial charge in [-0.1, -0.05) is 12.1 Å². The fraction of sp³-hybridized carbons (Fsp3) is 0.429. The van der Waals surface area contributed by atoms with Crippen LogP contribution in [0.2, 0.25) is 0 Å². The highest BCUT2D eigenvalue weighted by molar-refractivity contribution is 7.91. The quantitative estimate of drug-likeness (QED) is 0.583. The molecule has 1 saturated heterocycles. The van der Waals surface area contributed by atoms with Gasteiger partial charge >= 0.3 is 0 Å². The minimum absolute atomic E-state index is 0.181. The number of hydrogen-bond donors (Lipinski definition) is 0. The summed E-state index contributed by atoms with van der Waals surface area (Å²) in [4.78, 5) is 20.5. The number of likely N-dealkylation sites (N-methyl/N-ethyl adjacent to an activating group) is 1. The Kier molecular flexibility index (Phi) is 5.69. The molecule has 3 heterocycles. The minimum Gasteiger partial charge on any atom is -0.337 e. The summed E-state index contributed by atoms with van der Waals surface area (Å²) in [5, 5.41) is 0. The fourth-order valence-electron chi connectivity index (χ4n) is 4.08. The van der Waals surface area contributed by atoms with Crippen LogP contribution in [0.1, 0.15) is 30.5 Å². The molecule has 0 aliphatic carbocycles. The van der Waals surface area contributed by atoms with Gasteiger partial charge in [-0.15, -0.1) is 11.3 Å². The summed E-state index contributed by atoms with van der Waals surface area (Å²) in [6.45, 7) is 5.39. The van der Waals surface area contributed by atoms with Crippen molar-refractivity contribution >= 4 is 38.3 Å². The van der Waals surface area contributed by atoms with Gasteiger partial charge in [-0.25, -0.2) is 13.4 Å². The third-order valence-electron chi connectivity index (χ3n) is 5.57. The van der Waals surface area contributed by atoms with E-state index in [-0.39, 0.29) is 5.91 Å². The Morgan fingerprint density at radius 1 is 1.27 bits per heavy atom. The number of imidazole rings is 1. The van der Waals surface area contributed by atoms with E-state index in [1.807, 2.05) is 38.1 Å². The maximum atomic E-state index is 13.2. The molecule has 0 bridgehead atoms. The van der Waals surface area contributed by atoms with Gasteiger partial charge < -0.3 is 9.47 Å². The van der Waals surface area contributed by atoms with E-state index in [2.05, 4.69) is 9.55 Å². The topological polar surface area (TPSA) is 75.5 Å². The second-order valence-corrected chi connectivity index (χ2v) is 11.0. The molecule has 1 aliphatic heterocycles. The average molecular weight is 447 g/mol. The second kappa shape index (κ2) is 8.13. The van der Waals surface area contributed by atoms with E-state index in [1.54, 1.807) is 24.1 Å². The molecule has 30 heavy (non-hydrogen) atoms. The molecule has 2 aromatic heterocycles. The summed E-state index contributed by atoms with van der Waals surface area (Å²) in [7, 11) is -1.95. The van der Waals surface area contributed by atoms with Gasteiger partial charge in [0.05, 0.1) is 17.6 Å². The molecular formula is C21H26N4O3S2. The molecule has 1 unspecified atom stereocenters. The van der Waals surface area contributed by atoms with Crippen LogP contribution in [0.4, 0.5) is 0 Å². The lowest BCUT2D eigenvalue weighted by atomic mass is 10.2. The van der Waals surface area contributed by atoms with Crippen LogP contribution in [0.15, 0.2) is 40.6 Å². The van der Waals surface area contributed by atoms with E-state index >= 15 is 0 Å². The Balaban J connectivity index is 1.56. The van der Waals surface area contributed by atoms with Crippen LogP contribution in [0, 0.1) is 6.92 Å². The molecule has 3 aromatic rings. The van der Waals surface area contributed by atoms with Crippen LogP contribution in [-0.2, 0) is 27.9 Å². The second-order valence-electron chi connectivity index (χ2n) is 7.59. The van der Waals surface area contributed by atoms with Gasteiger partial charge in [0.2, 0.25) is 5.91 Å². The lowest BCUT2D eigenvalue weighted by molar-refractivity contribution is -0.133. The molecule has 160 valence electrons. The molecule has 9 heteroatoms. The smallest absolute Gasteiger partial charge is 0.253 e. The van der Waals surface area contributed by atoms with Gasteiger partial charge in [-0.2, -0.15) is 4.31 Å². The molecule has 0 saturated carbocycles. The first-order chi connectivity index (χ1) is 14.3. The monoisotopic (exact) mass is 446 g/mol. The van der Waals surface area contributed by atoms with Gasteiger partial charge in [-0.3, -0.25) is 4.79 Å². The summed E-state index contributed by atoms with van der Waals surface area (Å²) < 4.78 is 30.0. The van der Waals surface area contributed by atoms with Crippen molar-refractivity contribution in [2.75, 3.05) is 13.6 Å². The van der Waals surface area contributed by atoms with E-state index in [4.69, 9.17) is 0 Å².